The van der Waals surface area contributed by atoms with Gasteiger partial charge < -0.3 is 9.47 Å². The predicted molar refractivity (Wildman–Crippen MR) is 96.6 cm³/mol. The number of rotatable bonds is 5. The van der Waals surface area contributed by atoms with E-state index in [2.05, 4.69) is 10.2 Å². The maximum absolute atomic E-state index is 13.0. The number of nitrogens with one attached hydrogen (secondary N) is 1. The summed E-state index contributed by atoms with van der Waals surface area (Å²) in [5.74, 6) is 0.621. The number of fused-ring (bicyclic) bond motifs is 1. The first kappa shape index (κ1) is 17.3. The number of carbonyl (C=O) groups is 1. The number of benzene rings is 2. The van der Waals surface area contributed by atoms with Gasteiger partial charge >= 0.3 is 5.69 Å². The number of ether oxygens (including phenoxy) is 2. The summed E-state index contributed by atoms with van der Waals surface area (Å²) in [5.41, 5.74) is 0.519. The van der Waals surface area contributed by atoms with Crippen molar-refractivity contribution < 1.29 is 18.7 Å². The smallest absolute Gasteiger partial charge is 0.348 e. The molecule has 0 spiro atoms. The number of H-pyrrole nitrogens is 1. The number of Topliss-reactive ketones (excluding diaryl/α,β-unsaturated/α-hetero) is 1. The summed E-state index contributed by atoms with van der Waals surface area (Å²) in [6.45, 7) is 0.912. The van der Waals surface area contributed by atoms with Crippen molar-refractivity contribution >= 4 is 17.5 Å². The van der Waals surface area contributed by atoms with Crippen LogP contribution in [0.5, 0.6) is 11.5 Å². The van der Waals surface area contributed by atoms with Crippen molar-refractivity contribution in [2.75, 3.05) is 19.0 Å². The van der Waals surface area contributed by atoms with Crippen LogP contribution in [0.15, 0.2) is 52.4 Å². The monoisotopic (exact) mass is 387 g/mol. The lowest BCUT2D eigenvalue weighted by molar-refractivity contribution is 0.102. The van der Waals surface area contributed by atoms with Crippen LogP contribution in [0, 0.1) is 5.82 Å². The van der Waals surface area contributed by atoms with Crippen LogP contribution in [-0.4, -0.2) is 39.5 Å². The lowest BCUT2D eigenvalue weighted by Crippen LogP contribution is -2.18. The van der Waals surface area contributed by atoms with Gasteiger partial charge in [0.2, 0.25) is 0 Å². The fourth-order valence-corrected chi connectivity index (χ4v) is 3.48. The largest absolute Gasteiger partial charge is 0.486 e. The molecule has 1 aromatic heterocycles. The lowest BCUT2D eigenvalue weighted by atomic mass is 10.1. The van der Waals surface area contributed by atoms with E-state index in [1.807, 2.05) is 0 Å². The zero-order valence-electron chi connectivity index (χ0n) is 14.0. The average molecular weight is 387 g/mol. The Hall–Kier alpha value is -3.07. The summed E-state index contributed by atoms with van der Waals surface area (Å²) in [4.78, 5) is 24.5. The van der Waals surface area contributed by atoms with Gasteiger partial charge in [0.1, 0.15) is 19.0 Å². The standard InChI is InChI=1S/C18H14FN3O4S/c19-12-3-1-11(2-4-12)14(23)10-27-18-21-20-17(24)22(18)13-5-6-15-16(9-13)26-8-7-25-15/h1-6,9H,7-8,10H2,(H,20,24). The first-order valence-electron chi connectivity index (χ1n) is 8.11. The van der Waals surface area contributed by atoms with Crippen LogP contribution in [0.25, 0.3) is 5.69 Å². The summed E-state index contributed by atoms with van der Waals surface area (Å²) in [7, 11) is 0. The minimum absolute atomic E-state index is 0.0560. The number of hydrogen-bond acceptors (Lipinski definition) is 6. The van der Waals surface area contributed by atoms with Crippen molar-refractivity contribution in [1.29, 1.82) is 0 Å². The van der Waals surface area contributed by atoms with Crippen LogP contribution in [0.4, 0.5) is 4.39 Å². The van der Waals surface area contributed by atoms with E-state index < -0.39 is 11.5 Å². The molecule has 1 aliphatic heterocycles. The first-order chi connectivity index (χ1) is 13.1. The van der Waals surface area contributed by atoms with E-state index in [0.29, 0.717) is 41.1 Å². The van der Waals surface area contributed by atoms with Gasteiger partial charge in [-0.2, -0.15) is 0 Å². The highest BCUT2D eigenvalue weighted by molar-refractivity contribution is 7.99. The number of halogens is 1. The van der Waals surface area contributed by atoms with Gasteiger partial charge in [-0.3, -0.25) is 4.79 Å². The third-order valence-electron chi connectivity index (χ3n) is 3.92. The molecule has 4 rings (SSSR count). The molecule has 138 valence electrons. The van der Waals surface area contributed by atoms with Crippen LogP contribution >= 0.6 is 11.8 Å². The SMILES string of the molecule is O=C(CSc1n[nH]c(=O)n1-c1ccc2c(c1)OCCO2)c1ccc(F)cc1. The van der Waals surface area contributed by atoms with Gasteiger partial charge in [0.25, 0.3) is 0 Å². The third kappa shape index (κ3) is 3.59. The van der Waals surface area contributed by atoms with Gasteiger partial charge in [0.15, 0.2) is 22.4 Å². The van der Waals surface area contributed by atoms with E-state index in [1.54, 1.807) is 18.2 Å². The molecule has 0 unspecified atom stereocenters. The van der Waals surface area contributed by atoms with Gasteiger partial charge in [-0.05, 0) is 36.4 Å². The van der Waals surface area contributed by atoms with E-state index in [0.717, 1.165) is 11.8 Å². The Kier molecular flexibility index (Phi) is 4.68. The molecule has 0 saturated heterocycles. The highest BCUT2D eigenvalue weighted by Gasteiger charge is 2.17. The van der Waals surface area contributed by atoms with Crippen molar-refractivity contribution in [2.45, 2.75) is 5.16 Å². The molecule has 0 atom stereocenters. The van der Waals surface area contributed by atoms with Gasteiger partial charge in [-0.25, -0.2) is 18.9 Å². The Morgan fingerprint density at radius 1 is 1.15 bits per heavy atom. The normalized spacial score (nSPS) is 12.8. The Bertz CT molecular complexity index is 1050. The van der Waals surface area contributed by atoms with Crippen molar-refractivity contribution in [2.24, 2.45) is 0 Å². The van der Waals surface area contributed by atoms with Crippen molar-refractivity contribution in [3.63, 3.8) is 0 Å². The summed E-state index contributed by atoms with van der Waals surface area (Å²) >= 11 is 1.11. The molecular formula is C18H14FN3O4S. The molecule has 7 nitrogen and oxygen atoms in total. The fraction of sp³-hybridized carbons (Fsp3) is 0.167. The minimum atomic E-state index is -0.427. The van der Waals surface area contributed by atoms with Crippen molar-refractivity contribution in [3.8, 4) is 17.2 Å². The van der Waals surface area contributed by atoms with Crippen LogP contribution in [0.1, 0.15) is 10.4 Å². The van der Waals surface area contributed by atoms with E-state index in [1.165, 1.54) is 28.8 Å². The Morgan fingerprint density at radius 3 is 2.67 bits per heavy atom. The molecule has 1 N–H and O–H groups in total. The van der Waals surface area contributed by atoms with Crippen LogP contribution in [0.3, 0.4) is 0 Å². The lowest BCUT2D eigenvalue weighted by Gasteiger charge is -2.19. The van der Waals surface area contributed by atoms with Crippen molar-refractivity contribution in [1.82, 2.24) is 14.8 Å². The molecule has 0 aliphatic carbocycles. The summed E-state index contributed by atoms with van der Waals surface area (Å²) in [5, 5.41) is 6.72. The summed E-state index contributed by atoms with van der Waals surface area (Å²) in [6.07, 6.45) is 0. The highest BCUT2D eigenvalue weighted by Crippen LogP contribution is 2.32. The molecule has 3 aromatic rings. The predicted octanol–water partition coefficient (Wildman–Crippen LogP) is 2.45. The fourth-order valence-electron chi connectivity index (χ4n) is 2.63. The molecule has 9 heteroatoms. The molecule has 0 amide bonds. The van der Waals surface area contributed by atoms with E-state index in [9.17, 15) is 14.0 Å². The topological polar surface area (TPSA) is 86.2 Å². The molecule has 0 bridgehead atoms. The maximum Gasteiger partial charge on any atom is 0.348 e. The Labute approximate surface area is 157 Å². The van der Waals surface area contributed by atoms with Gasteiger partial charge in [0.05, 0.1) is 11.4 Å². The molecule has 2 aromatic carbocycles. The average Bonchev–Trinajstić information content (AvgIpc) is 3.06. The number of carbonyl (C=O) groups excluding carboxylic acids is 1. The van der Waals surface area contributed by atoms with E-state index in [-0.39, 0.29) is 11.5 Å². The second-order valence-electron chi connectivity index (χ2n) is 5.69. The van der Waals surface area contributed by atoms with Gasteiger partial charge in [0, 0.05) is 11.6 Å². The summed E-state index contributed by atoms with van der Waals surface area (Å²) in [6, 6.07) is 10.5. The van der Waals surface area contributed by atoms with E-state index in [4.69, 9.17) is 9.47 Å². The zero-order valence-corrected chi connectivity index (χ0v) is 14.8. The number of aromatic nitrogens is 3. The molecule has 27 heavy (non-hydrogen) atoms. The number of hydrogen-bond donors (Lipinski definition) is 1. The quantitative estimate of drug-likeness (QED) is 0.535. The molecule has 0 saturated carbocycles. The molecule has 2 heterocycles. The number of thioether (sulfide) groups is 1. The Balaban J connectivity index is 1.56. The molecule has 0 fully saturated rings. The Morgan fingerprint density at radius 2 is 1.89 bits per heavy atom. The van der Waals surface area contributed by atoms with Gasteiger partial charge in [-0.1, -0.05) is 11.8 Å². The third-order valence-corrected chi connectivity index (χ3v) is 4.86. The molecular weight excluding hydrogens is 373 g/mol. The zero-order chi connectivity index (χ0) is 18.8. The van der Waals surface area contributed by atoms with Gasteiger partial charge in [-0.15, -0.1) is 5.10 Å². The van der Waals surface area contributed by atoms with E-state index >= 15 is 0 Å². The van der Waals surface area contributed by atoms with Crippen molar-refractivity contribution in [3.05, 3.63) is 64.3 Å². The number of ketones is 1. The first-order valence-corrected chi connectivity index (χ1v) is 9.09. The highest BCUT2D eigenvalue weighted by atomic mass is 32.2. The van der Waals surface area contributed by atoms with Crippen LogP contribution in [-0.2, 0) is 0 Å². The number of nitrogens with zero attached hydrogens (tertiary/aromatic N) is 2. The number of aromatic amines is 1. The molecule has 0 radical (unpaired) electrons. The van der Waals surface area contributed by atoms with Crippen LogP contribution in [0.2, 0.25) is 0 Å². The maximum atomic E-state index is 13.0. The summed E-state index contributed by atoms with van der Waals surface area (Å²) < 4.78 is 25.4. The molecule has 1 aliphatic rings. The minimum Gasteiger partial charge on any atom is -0.486 e. The van der Waals surface area contributed by atoms with Crippen LogP contribution < -0.4 is 15.2 Å². The second kappa shape index (κ2) is 7.28. The second-order valence-corrected chi connectivity index (χ2v) is 6.64.